The lowest BCUT2D eigenvalue weighted by Crippen LogP contribution is -2.02. The van der Waals surface area contributed by atoms with Gasteiger partial charge in [-0.3, -0.25) is 10.1 Å². The van der Waals surface area contributed by atoms with Crippen molar-refractivity contribution in [1.82, 2.24) is 0 Å². The summed E-state index contributed by atoms with van der Waals surface area (Å²) < 4.78 is 26.5. The summed E-state index contributed by atoms with van der Waals surface area (Å²) in [6.07, 6.45) is 0. The third-order valence-electron chi connectivity index (χ3n) is 2.03. The van der Waals surface area contributed by atoms with Crippen molar-refractivity contribution in [2.45, 2.75) is 12.8 Å². The molecule has 0 spiro atoms. The van der Waals surface area contributed by atoms with Crippen molar-refractivity contribution < 1.29 is 13.7 Å². The van der Waals surface area contributed by atoms with Gasteiger partial charge in [0.15, 0.2) is 0 Å². The Kier molecular flexibility index (Phi) is 3.73. The van der Waals surface area contributed by atoms with E-state index in [1.807, 2.05) is 0 Å². The lowest BCUT2D eigenvalue weighted by Gasteiger charge is -2.09. The first-order chi connectivity index (χ1) is 6.97. The largest absolute Gasteiger partial charge is 0.307 e. The molecule has 0 radical (unpaired) electrons. The van der Waals surface area contributed by atoms with Gasteiger partial charge in [0, 0.05) is 5.33 Å². The van der Waals surface area contributed by atoms with E-state index in [0.29, 0.717) is 11.4 Å². The second-order valence-electron chi connectivity index (χ2n) is 3.14. The lowest BCUT2D eigenvalue weighted by atomic mass is 10.0. The van der Waals surface area contributed by atoms with E-state index in [0.717, 1.165) is 6.07 Å². The van der Waals surface area contributed by atoms with Crippen molar-refractivity contribution >= 4 is 21.6 Å². The summed E-state index contributed by atoms with van der Waals surface area (Å²) in [5.74, 6) is -2.00. The van der Waals surface area contributed by atoms with E-state index in [9.17, 15) is 18.9 Å². The molecule has 0 bridgehead atoms. The fourth-order valence-electron chi connectivity index (χ4n) is 1.15. The van der Waals surface area contributed by atoms with E-state index in [2.05, 4.69) is 15.9 Å². The van der Waals surface area contributed by atoms with Gasteiger partial charge in [-0.05, 0) is 17.5 Å². The average Bonchev–Trinajstić information content (AvgIpc) is 2.19. The first-order valence-corrected chi connectivity index (χ1v) is 5.28. The molecule has 0 aliphatic carbocycles. The minimum absolute atomic E-state index is 0.134. The van der Waals surface area contributed by atoms with Crippen molar-refractivity contribution in [1.29, 1.82) is 0 Å². The molecule has 15 heavy (non-hydrogen) atoms. The van der Waals surface area contributed by atoms with Gasteiger partial charge in [-0.1, -0.05) is 22.9 Å². The van der Waals surface area contributed by atoms with Crippen LogP contribution in [0.15, 0.2) is 12.1 Å². The van der Waals surface area contributed by atoms with Crippen LogP contribution in [0.2, 0.25) is 0 Å². The Labute approximate surface area is 93.4 Å². The SMILES string of the molecule is CC(CBr)c1cc(F)c([N+](=O)[O-])cc1F. The predicted octanol–water partition coefficient (Wildman–Crippen LogP) is 3.37. The number of halogens is 3. The average molecular weight is 280 g/mol. The Balaban J connectivity index is 3.25. The zero-order chi connectivity index (χ0) is 11.6. The smallest absolute Gasteiger partial charge is 0.258 e. The maximum absolute atomic E-state index is 13.3. The Bertz CT molecular complexity index is 398. The molecule has 0 amide bonds. The van der Waals surface area contributed by atoms with Crippen LogP contribution in [0.4, 0.5) is 14.5 Å². The standard InChI is InChI=1S/C9H8BrF2NO2/c1-5(4-10)6-2-8(12)9(13(14)15)3-7(6)11/h2-3,5H,4H2,1H3. The zero-order valence-electron chi connectivity index (χ0n) is 7.84. The molecule has 6 heteroatoms. The fourth-order valence-corrected chi connectivity index (χ4v) is 1.50. The number of alkyl halides is 1. The summed E-state index contributed by atoms with van der Waals surface area (Å²) in [5, 5.41) is 10.8. The van der Waals surface area contributed by atoms with Crippen LogP contribution in [0.5, 0.6) is 0 Å². The highest BCUT2D eigenvalue weighted by atomic mass is 79.9. The molecule has 82 valence electrons. The van der Waals surface area contributed by atoms with Gasteiger partial charge in [0.05, 0.1) is 11.0 Å². The normalized spacial score (nSPS) is 12.5. The summed E-state index contributed by atoms with van der Waals surface area (Å²) in [6, 6.07) is 1.49. The molecule has 0 saturated carbocycles. The summed E-state index contributed by atoms with van der Waals surface area (Å²) in [5.41, 5.74) is -0.701. The molecule has 0 saturated heterocycles. The van der Waals surface area contributed by atoms with Crippen LogP contribution >= 0.6 is 15.9 Å². The molecule has 0 heterocycles. The van der Waals surface area contributed by atoms with Gasteiger partial charge in [-0.15, -0.1) is 0 Å². The number of nitro benzene ring substituents is 1. The molecule has 1 aromatic carbocycles. The highest BCUT2D eigenvalue weighted by Crippen LogP contribution is 2.27. The number of benzene rings is 1. The summed E-state index contributed by atoms with van der Waals surface area (Å²) in [6.45, 7) is 1.69. The van der Waals surface area contributed by atoms with Gasteiger partial charge in [0.25, 0.3) is 0 Å². The summed E-state index contributed by atoms with van der Waals surface area (Å²) >= 11 is 3.13. The van der Waals surface area contributed by atoms with Gasteiger partial charge in [0.2, 0.25) is 5.82 Å². The minimum Gasteiger partial charge on any atom is -0.258 e. The number of hydrogen-bond donors (Lipinski definition) is 0. The van der Waals surface area contributed by atoms with E-state index in [4.69, 9.17) is 0 Å². The third-order valence-corrected chi connectivity index (χ3v) is 3.00. The number of rotatable bonds is 3. The van der Waals surface area contributed by atoms with Crippen molar-refractivity contribution in [3.8, 4) is 0 Å². The topological polar surface area (TPSA) is 43.1 Å². The highest BCUT2D eigenvalue weighted by molar-refractivity contribution is 9.09. The summed E-state index contributed by atoms with van der Waals surface area (Å²) in [4.78, 5) is 9.37. The van der Waals surface area contributed by atoms with Crippen LogP contribution in [0.3, 0.4) is 0 Å². The molecule has 0 fully saturated rings. The van der Waals surface area contributed by atoms with Crippen LogP contribution in [0.1, 0.15) is 18.4 Å². The second-order valence-corrected chi connectivity index (χ2v) is 3.79. The Morgan fingerprint density at radius 3 is 2.53 bits per heavy atom. The molecule has 1 atom stereocenters. The number of nitrogens with zero attached hydrogens (tertiary/aromatic N) is 1. The van der Waals surface area contributed by atoms with E-state index in [1.165, 1.54) is 0 Å². The quantitative estimate of drug-likeness (QED) is 0.484. The second kappa shape index (κ2) is 4.65. The zero-order valence-corrected chi connectivity index (χ0v) is 9.42. The van der Waals surface area contributed by atoms with E-state index >= 15 is 0 Å². The number of nitro groups is 1. The fraction of sp³-hybridized carbons (Fsp3) is 0.333. The third kappa shape index (κ3) is 2.50. The number of hydrogen-bond acceptors (Lipinski definition) is 2. The van der Waals surface area contributed by atoms with Gasteiger partial charge in [-0.25, -0.2) is 4.39 Å². The molecular formula is C9H8BrF2NO2. The molecule has 0 aromatic heterocycles. The first kappa shape index (κ1) is 12.0. The van der Waals surface area contributed by atoms with Crippen LogP contribution in [-0.4, -0.2) is 10.3 Å². The van der Waals surface area contributed by atoms with Crippen LogP contribution in [0, 0.1) is 21.7 Å². The van der Waals surface area contributed by atoms with E-state index < -0.39 is 22.2 Å². The maximum atomic E-state index is 13.3. The minimum atomic E-state index is -1.01. The van der Waals surface area contributed by atoms with Crippen LogP contribution < -0.4 is 0 Å². The van der Waals surface area contributed by atoms with E-state index in [1.54, 1.807) is 6.92 Å². The molecule has 0 aliphatic heterocycles. The molecule has 3 nitrogen and oxygen atoms in total. The summed E-state index contributed by atoms with van der Waals surface area (Å²) in [7, 11) is 0. The van der Waals surface area contributed by atoms with Crippen molar-refractivity contribution in [3.05, 3.63) is 39.4 Å². The molecule has 1 rings (SSSR count). The predicted molar refractivity (Wildman–Crippen MR) is 55.2 cm³/mol. The van der Waals surface area contributed by atoms with Gasteiger partial charge < -0.3 is 0 Å². The highest BCUT2D eigenvalue weighted by Gasteiger charge is 2.20. The Morgan fingerprint density at radius 2 is 2.07 bits per heavy atom. The molecule has 1 aromatic rings. The Morgan fingerprint density at radius 1 is 1.47 bits per heavy atom. The van der Waals surface area contributed by atoms with Crippen LogP contribution in [-0.2, 0) is 0 Å². The monoisotopic (exact) mass is 279 g/mol. The van der Waals surface area contributed by atoms with Crippen molar-refractivity contribution in [2.24, 2.45) is 0 Å². The maximum Gasteiger partial charge on any atom is 0.307 e. The van der Waals surface area contributed by atoms with Crippen molar-refractivity contribution in [2.75, 3.05) is 5.33 Å². The lowest BCUT2D eigenvalue weighted by molar-refractivity contribution is -0.387. The van der Waals surface area contributed by atoms with Crippen LogP contribution in [0.25, 0.3) is 0 Å². The molecular weight excluding hydrogens is 272 g/mol. The molecule has 0 aliphatic rings. The van der Waals surface area contributed by atoms with E-state index in [-0.39, 0.29) is 11.5 Å². The van der Waals surface area contributed by atoms with Gasteiger partial charge in [-0.2, -0.15) is 4.39 Å². The molecule has 1 unspecified atom stereocenters. The Hall–Kier alpha value is -1.04. The van der Waals surface area contributed by atoms with Crippen molar-refractivity contribution in [3.63, 3.8) is 0 Å². The van der Waals surface area contributed by atoms with Gasteiger partial charge in [0.1, 0.15) is 5.82 Å². The van der Waals surface area contributed by atoms with Gasteiger partial charge >= 0.3 is 5.69 Å². The molecule has 0 N–H and O–H groups in total. The first-order valence-electron chi connectivity index (χ1n) is 4.16.